The monoisotopic (exact) mass is 618 g/mol. The molecule has 2 bridgehead atoms. The van der Waals surface area contributed by atoms with Crippen LogP contribution in [0, 0.1) is 50.2 Å². The van der Waals surface area contributed by atoms with Crippen LogP contribution >= 0.6 is 0 Å². The Hall–Kier alpha value is -0.580. The quantitative estimate of drug-likeness (QED) is 0.238. The molecule has 0 aromatic heterocycles. The molecule has 0 aromatic carbocycles. The number of hydrogen-bond donors (Lipinski definition) is 5. The second-order valence-electron chi connectivity index (χ2n) is 18.1. The Morgan fingerprint density at radius 3 is 2.27 bits per heavy atom. The highest BCUT2D eigenvalue weighted by Gasteiger charge is 2.79. The summed E-state index contributed by atoms with van der Waals surface area (Å²) in [6.45, 7) is 16.4. The highest BCUT2D eigenvalue weighted by molar-refractivity contribution is 5.36. The Balaban J connectivity index is 1.23. The lowest BCUT2D eigenvalue weighted by Crippen LogP contribution is -2.72. The molecule has 5 N–H and O–H groups in total. The number of aliphatic hydroxyl groups is 5. The van der Waals surface area contributed by atoms with Crippen LogP contribution in [-0.4, -0.2) is 87.3 Å². The van der Waals surface area contributed by atoms with Gasteiger partial charge in [0.1, 0.15) is 18.3 Å². The van der Waals surface area contributed by atoms with Gasteiger partial charge in [0.2, 0.25) is 0 Å². The molecular weight excluding hydrogens is 560 g/mol. The Morgan fingerprint density at radius 2 is 1.57 bits per heavy atom. The molecule has 7 rings (SSSR count). The van der Waals surface area contributed by atoms with Crippen molar-refractivity contribution in [2.75, 3.05) is 13.2 Å². The number of aliphatic hydroxyl groups excluding tert-OH is 5. The van der Waals surface area contributed by atoms with Crippen molar-refractivity contribution in [1.29, 1.82) is 0 Å². The van der Waals surface area contributed by atoms with E-state index in [-0.39, 0.29) is 63.3 Å². The van der Waals surface area contributed by atoms with Gasteiger partial charge in [0, 0.05) is 22.2 Å². The first-order valence-electron chi connectivity index (χ1n) is 17.4. The molecule has 5 aliphatic carbocycles. The summed E-state index contributed by atoms with van der Waals surface area (Å²) in [5.41, 5.74) is -1.36. The lowest BCUT2D eigenvalue weighted by atomic mass is 9.32. The molecule has 0 aromatic rings. The first-order chi connectivity index (χ1) is 20.4. The van der Waals surface area contributed by atoms with Gasteiger partial charge in [-0.15, -0.1) is 0 Å². The minimum atomic E-state index is -1.37. The smallest absolute Gasteiger partial charge is 0.186 e. The molecule has 0 amide bonds. The lowest BCUT2D eigenvalue weighted by molar-refractivity contribution is -0.329. The number of hydrogen-bond acceptors (Lipinski definition) is 8. The molecule has 16 atom stereocenters. The Labute approximate surface area is 263 Å². The second kappa shape index (κ2) is 9.74. The predicted molar refractivity (Wildman–Crippen MR) is 164 cm³/mol. The highest BCUT2D eigenvalue weighted by Crippen LogP contribution is 2.79. The maximum Gasteiger partial charge on any atom is 0.186 e. The highest BCUT2D eigenvalue weighted by atomic mass is 16.7. The fourth-order valence-electron chi connectivity index (χ4n) is 12.8. The van der Waals surface area contributed by atoms with Crippen LogP contribution < -0.4 is 0 Å². The van der Waals surface area contributed by atoms with Gasteiger partial charge in [-0.1, -0.05) is 53.7 Å². The Bertz CT molecular complexity index is 1190. The first kappa shape index (κ1) is 32.0. The molecule has 6 fully saturated rings. The zero-order valence-corrected chi connectivity index (χ0v) is 28.0. The van der Waals surface area contributed by atoms with E-state index in [1.54, 1.807) is 6.92 Å². The van der Waals surface area contributed by atoms with Crippen molar-refractivity contribution in [2.24, 2.45) is 50.2 Å². The van der Waals surface area contributed by atoms with Gasteiger partial charge in [-0.25, -0.2) is 0 Å². The summed E-state index contributed by atoms with van der Waals surface area (Å²) in [7, 11) is 0. The van der Waals surface area contributed by atoms with Crippen molar-refractivity contribution < 1.29 is 39.7 Å². The average molecular weight is 619 g/mol. The van der Waals surface area contributed by atoms with Gasteiger partial charge in [0.05, 0.1) is 37.1 Å². The molecule has 8 nitrogen and oxygen atoms in total. The van der Waals surface area contributed by atoms with E-state index in [0.717, 1.165) is 44.9 Å². The molecule has 7 aliphatic rings. The largest absolute Gasteiger partial charge is 0.396 e. The van der Waals surface area contributed by atoms with Crippen LogP contribution in [0.2, 0.25) is 0 Å². The predicted octanol–water partition coefficient (Wildman–Crippen LogP) is 3.95. The van der Waals surface area contributed by atoms with Gasteiger partial charge in [-0.2, -0.15) is 0 Å². The van der Waals surface area contributed by atoms with Crippen molar-refractivity contribution in [2.45, 2.75) is 148 Å². The van der Waals surface area contributed by atoms with E-state index in [1.807, 2.05) is 0 Å². The van der Waals surface area contributed by atoms with Crippen LogP contribution in [0.15, 0.2) is 12.2 Å². The average Bonchev–Trinajstić information content (AvgIpc) is 3.24. The number of ether oxygens (including phenoxy) is 3. The molecule has 4 saturated carbocycles. The topological polar surface area (TPSA) is 129 Å². The second-order valence-corrected chi connectivity index (χ2v) is 18.1. The van der Waals surface area contributed by atoms with Gasteiger partial charge < -0.3 is 39.7 Å². The molecule has 1 spiro atoms. The molecule has 250 valence electrons. The fraction of sp³-hybridized carbons (Fsp3) is 0.944. The third-order valence-electron chi connectivity index (χ3n) is 15.8. The summed E-state index contributed by atoms with van der Waals surface area (Å²) < 4.78 is 19.4. The van der Waals surface area contributed by atoms with E-state index in [0.29, 0.717) is 18.9 Å². The van der Waals surface area contributed by atoms with E-state index in [9.17, 15) is 25.5 Å². The summed E-state index contributed by atoms with van der Waals surface area (Å²) in [5.74, 6) is 0.695. The van der Waals surface area contributed by atoms with E-state index in [4.69, 9.17) is 14.2 Å². The number of allylic oxidation sites excluding steroid dienone is 1. The minimum Gasteiger partial charge on any atom is -0.396 e. The van der Waals surface area contributed by atoms with Crippen LogP contribution in [-0.2, 0) is 14.2 Å². The first-order valence-corrected chi connectivity index (χ1v) is 17.4. The molecule has 2 heterocycles. The normalized spacial score (nSPS) is 61.0. The summed E-state index contributed by atoms with van der Waals surface area (Å²) in [5, 5.41) is 54.4. The zero-order chi connectivity index (χ0) is 31.9. The number of fused-ring (bicyclic) bond motifs is 4. The molecule has 44 heavy (non-hydrogen) atoms. The van der Waals surface area contributed by atoms with Gasteiger partial charge in [0.15, 0.2) is 6.29 Å². The minimum absolute atomic E-state index is 0.0582. The summed E-state index contributed by atoms with van der Waals surface area (Å²) in [6, 6.07) is 0. The molecule has 2 aliphatic heterocycles. The molecular formula is C36H58O8. The van der Waals surface area contributed by atoms with Gasteiger partial charge in [-0.3, -0.25) is 0 Å². The summed E-state index contributed by atoms with van der Waals surface area (Å²) in [4.78, 5) is 0. The maximum absolute atomic E-state index is 12.0. The van der Waals surface area contributed by atoms with Crippen LogP contribution in [0.3, 0.4) is 0 Å². The number of rotatable bonds is 3. The third-order valence-corrected chi connectivity index (χ3v) is 15.8. The third kappa shape index (κ3) is 3.75. The summed E-state index contributed by atoms with van der Waals surface area (Å²) in [6.07, 6.45) is 5.98. The van der Waals surface area contributed by atoms with Crippen LogP contribution in [0.1, 0.15) is 99.8 Å². The van der Waals surface area contributed by atoms with Crippen LogP contribution in [0.25, 0.3) is 0 Å². The molecule has 2 saturated heterocycles. The van der Waals surface area contributed by atoms with Crippen molar-refractivity contribution in [3.8, 4) is 0 Å². The summed E-state index contributed by atoms with van der Waals surface area (Å²) >= 11 is 0. The fourth-order valence-corrected chi connectivity index (χ4v) is 12.8. The van der Waals surface area contributed by atoms with E-state index >= 15 is 0 Å². The van der Waals surface area contributed by atoms with Crippen molar-refractivity contribution in [3.63, 3.8) is 0 Å². The standard InChI is InChI=1S/C36H58O8/c1-20-26(39)27(40)28(41)29(43-20)44-25-10-11-31(4)21(32(25,5)18-37)8-12-33(6)22(31)9-13-36-23-16-30(2,3)14-15-35(23,19-42-36)24(38)17-34(33,36)7/h9,13,20-29,37-41H,8,10-12,14-19H2,1-7H3/t20-,21-,22-,23-,24-,25+,26+,27+,28-,29+,31+,32+,33-,34+,35-,36+/m1/s1. The van der Waals surface area contributed by atoms with Crippen LogP contribution in [0.5, 0.6) is 0 Å². The molecule has 0 radical (unpaired) electrons. The van der Waals surface area contributed by atoms with E-state index < -0.39 is 36.1 Å². The van der Waals surface area contributed by atoms with Gasteiger partial charge in [0.25, 0.3) is 0 Å². The molecule has 8 heteroatoms. The Kier molecular flexibility index (Phi) is 7.08. The van der Waals surface area contributed by atoms with Crippen molar-refractivity contribution in [1.82, 2.24) is 0 Å². The maximum atomic E-state index is 12.0. The Morgan fingerprint density at radius 1 is 0.841 bits per heavy atom. The molecule has 0 unspecified atom stereocenters. The van der Waals surface area contributed by atoms with E-state index in [1.165, 1.54) is 0 Å². The van der Waals surface area contributed by atoms with Gasteiger partial charge in [-0.05, 0) is 86.4 Å². The SMILES string of the molecule is C[C@H]1O[C@@H](O[C@H]2CC[C@@]3(C)[C@@H](CC[C@]4(C)[C@@H]3C=C[C@]35OC[C@@]6(CCC(C)(C)C[C@H]63)[C@H](O)C[C@]54C)[C@]2(C)CO)[C@H](O)[C@@H](O)[C@H]1O. The zero-order valence-electron chi connectivity index (χ0n) is 28.0. The van der Waals surface area contributed by atoms with E-state index in [2.05, 4.69) is 53.7 Å². The lowest BCUT2D eigenvalue weighted by Gasteiger charge is -2.73. The van der Waals surface area contributed by atoms with Gasteiger partial charge >= 0.3 is 0 Å². The van der Waals surface area contributed by atoms with Crippen molar-refractivity contribution in [3.05, 3.63) is 12.2 Å². The van der Waals surface area contributed by atoms with Crippen molar-refractivity contribution >= 4 is 0 Å². The van der Waals surface area contributed by atoms with Crippen LogP contribution in [0.4, 0.5) is 0 Å².